The van der Waals surface area contributed by atoms with Crippen LogP contribution < -0.4 is 26.6 Å². The molecule has 1 aromatic rings. The van der Waals surface area contributed by atoms with Crippen LogP contribution in [0.15, 0.2) is 42.5 Å². The van der Waals surface area contributed by atoms with Gasteiger partial charge in [-0.2, -0.15) is 0 Å². The van der Waals surface area contributed by atoms with E-state index in [9.17, 15) is 33.9 Å². The molecule has 1 aliphatic rings. The highest BCUT2D eigenvalue weighted by molar-refractivity contribution is 5.98. The van der Waals surface area contributed by atoms with Crippen LogP contribution in [-0.2, 0) is 39.9 Å². The van der Waals surface area contributed by atoms with Gasteiger partial charge < -0.3 is 36.4 Å². The Morgan fingerprint density at radius 3 is 2.09 bits per heavy atom. The molecule has 0 aliphatic carbocycles. The van der Waals surface area contributed by atoms with E-state index in [0.717, 1.165) is 5.56 Å². The third-order valence-electron chi connectivity index (χ3n) is 7.09. The fourth-order valence-corrected chi connectivity index (χ4v) is 4.75. The number of amides is 5. The Bertz CT molecular complexity index is 1200. The van der Waals surface area contributed by atoms with E-state index < -0.39 is 72.3 Å². The SMILES string of the molecule is CCOC(=O)/C=C/[C@H](CC(C)C)NC(=O)CC[C@@H]1NC(=O)[C@H](CO)NC(=O)[C@H](C(C)C)NC(=O)[C@H](Cc2ccccc2)NC1=O. The van der Waals surface area contributed by atoms with Gasteiger partial charge in [-0.05, 0) is 37.2 Å². The lowest BCUT2D eigenvalue weighted by molar-refractivity contribution is -0.138. The molecule has 0 aromatic heterocycles. The van der Waals surface area contributed by atoms with Crippen molar-refractivity contribution in [3.63, 3.8) is 0 Å². The van der Waals surface area contributed by atoms with Gasteiger partial charge in [0.05, 0.1) is 13.2 Å². The first-order valence-electron chi connectivity index (χ1n) is 15.3. The van der Waals surface area contributed by atoms with Crippen LogP contribution in [0.25, 0.3) is 0 Å². The molecule has 13 heteroatoms. The van der Waals surface area contributed by atoms with E-state index in [0.29, 0.717) is 6.42 Å². The Kier molecular flexibility index (Phi) is 15.2. The number of nitrogens with one attached hydrogen (secondary N) is 5. The molecule has 1 aromatic carbocycles. The number of hydrogen-bond donors (Lipinski definition) is 6. The number of esters is 1. The Morgan fingerprint density at radius 1 is 0.889 bits per heavy atom. The first-order chi connectivity index (χ1) is 21.3. The number of hydrogen-bond acceptors (Lipinski definition) is 8. The van der Waals surface area contributed by atoms with Crippen molar-refractivity contribution in [1.29, 1.82) is 0 Å². The van der Waals surface area contributed by atoms with Crippen LogP contribution in [0.3, 0.4) is 0 Å². The van der Waals surface area contributed by atoms with Gasteiger partial charge in [0.15, 0.2) is 0 Å². The highest BCUT2D eigenvalue weighted by Gasteiger charge is 2.35. The molecule has 13 nitrogen and oxygen atoms in total. The Morgan fingerprint density at radius 2 is 1.49 bits per heavy atom. The number of benzene rings is 1. The summed E-state index contributed by atoms with van der Waals surface area (Å²) in [5, 5.41) is 23.1. The maximum Gasteiger partial charge on any atom is 0.330 e. The van der Waals surface area contributed by atoms with Crippen LogP contribution in [0.4, 0.5) is 0 Å². The van der Waals surface area contributed by atoms with Crippen molar-refractivity contribution in [2.45, 2.75) is 90.5 Å². The lowest BCUT2D eigenvalue weighted by atomic mass is 9.99. The monoisotopic (exact) mass is 629 g/mol. The van der Waals surface area contributed by atoms with Gasteiger partial charge >= 0.3 is 5.97 Å². The molecule has 5 atom stereocenters. The molecule has 45 heavy (non-hydrogen) atoms. The highest BCUT2D eigenvalue weighted by Crippen LogP contribution is 2.11. The van der Waals surface area contributed by atoms with E-state index in [1.54, 1.807) is 51.1 Å². The van der Waals surface area contributed by atoms with E-state index in [2.05, 4.69) is 26.6 Å². The Labute approximate surface area is 264 Å². The molecule has 0 spiro atoms. The van der Waals surface area contributed by atoms with Gasteiger partial charge in [0.25, 0.3) is 0 Å². The molecular weight excluding hydrogens is 582 g/mol. The van der Waals surface area contributed by atoms with Crippen LogP contribution in [0.1, 0.15) is 59.4 Å². The molecule has 1 fully saturated rings. The molecule has 248 valence electrons. The molecule has 0 bridgehead atoms. The molecule has 1 heterocycles. The standard InChI is InChI=1S/C32H47N5O8/c1-6-45-27(40)15-12-22(16-19(2)3)33-26(39)14-13-23-29(41)35-24(17-21-10-8-7-9-11-21)30(42)37-28(20(4)5)32(44)36-25(18-38)31(43)34-23/h7-12,15,19-20,22-25,28,38H,6,13-14,16-18H2,1-5H3,(H,33,39)(H,34,43)(H,35,41)(H,36,44)(H,37,42)/b15-12+/t22-,23+,24+,25+,28+/m1/s1. The largest absolute Gasteiger partial charge is 0.463 e. The van der Waals surface area contributed by atoms with Crippen molar-refractivity contribution in [3.05, 3.63) is 48.0 Å². The fraction of sp³-hybridized carbons (Fsp3) is 0.562. The molecule has 2 rings (SSSR count). The number of rotatable bonds is 13. The highest BCUT2D eigenvalue weighted by atomic mass is 16.5. The summed E-state index contributed by atoms with van der Waals surface area (Å²) in [7, 11) is 0. The molecule has 1 saturated heterocycles. The third kappa shape index (κ3) is 12.7. The summed E-state index contributed by atoms with van der Waals surface area (Å²) in [6, 6.07) is 3.69. The number of carbonyl (C=O) groups excluding carboxylic acids is 6. The predicted octanol–water partition coefficient (Wildman–Crippen LogP) is 0.261. The van der Waals surface area contributed by atoms with Gasteiger partial charge in [-0.25, -0.2) is 4.79 Å². The average Bonchev–Trinajstić information content (AvgIpc) is 2.98. The summed E-state index contributed by atoms with van der Waals surface area (Å²) in [5.74, 6) is -3.96. The molecule has 6 N–H and O–H groups in total. The minimum atomic E-state index is -1.40. The maximum absolute atomic E-state index is 13.6. The second kappa shape index (κ2) is 18.5. The minimum Gasteiger partial charge on any atom is -0.463 e. The topological polar surface area (TPSA) is 192 Å². The molecule has 1 aliphatic heterocycles. The van der Waals surface area contributed by atoms with Gasteiger partial charge in [0.1, 0.15) is 24.2 Å². The van der Waals surface area contributed by atoms with Crippen LogP contribution >= 0.6 is 0 Å². The fourth-order valence-electron chi connectivity index (χ4n) is 4.75. The van der Waals surface area contributed by atoms with Gasteiger partial charge in [-0.15, -0.1) is 0 Å². The maximum atomic E-state index is 13.6. The lowest BCUT2D eigenvalue weighted by Gasteiger charge is -2.30. The third-order valence-corrected chi connectivity index (χ3v) is 7.09. The van der Waals surface area contributed by atoms with Crippen molar-refractivity contribution in [2.24, 2.45) is 11.8 Å². The summed E-state index contributed by atoms with van der Waals surface area (Å²) in [6.45, 7) is 8.50. The van der Waals surface area contributed by atoms with E-state index in [4.69, 9.17) is 4.74 Å². The van der Waals surface area contributed by atoms with E-state index in [1.807, 2.05) is 19.9 Å². The summed E-state index contributed by atoms with van der Waals surface area (Å²) in [5.41, 5.74) is 0.753. The second-order valence-electron chi connectivity index (χ2n) is 11.7. The van der Waals surface area contributed by atoms with Crippen molar-refractivity contribution in [1.82, 2.24) is 26.6 Å². The molecule has 0 unspecified atom stereocenters. The molecular formula is C32H47N5O8. The lowest BCUT2D eigenvalue weighted by Crippen LogP contribution is -2.63. The van der Waals surface area contributed by atoms with Gasteiger partial charge in [0.2, 0.25) is 29.5 Å². The molecule has 0 saturated carbocycles. The van der Waals surface area contributed by atoms with Crippen molar-refractivity contribution < 1.29 is 38.6 Å². The van der Waals surface area contributed by atoms with Gasteiger partial charge in [-0.3, -0.25) is 24.0 Å². The zero-order valence-electron chi connectivity index (χ0n) is 26.6. The van der Waals surface area contributed by atoms with Crippen molar-refractivity contribution in [2.75, 3.05) is 13.2 Å². The summed E-state index contributed by atoms with van der Waals surface area (Å²) in [6.07, 6.45) is 3.10. The van der Waals surface area contributed by atoms with Crippen LogP contribution in [0, 0.1) is 11.8 Å². The second-order valence-corrected chi connectivity index (χ2v) is 11.7. The molecule has 5 amide bonds. The first-order valence-corrected chi connectivity index (χ1v) is 15.3. The number of aliphatic hydroxyl groups excluding tert-OH is 1. The molecule has 0 radical (unpaired) electrons. The number of carbonyl (C=O) groups is 6. The van der Waals surface area contributed by atoms with E-state index in [-0.39, 0.29) is 37.7 Å². The van der Waals surface area contributed by atoms with Crippen molar-refractivity contribution >= 4 is 35.5 Å². The summed E-state index contributed by atoms with van der Waals surface area (Å²) < 4.78 is 4.91. The zero-order chi connectivity index (χ0) is 33.5. The normalized spacial score (nSPS) is 22.0. The number of aliphatic hydroxyl groups is 1. The smallest absolute Gasteiger partial charge is 0.330 e. The van der Waals surface area contributed by atoms with Gasteiger partial charge in [0, 0.05) is 25.0 Å². The van der Waals surface area contributed by atoms with E-state index >= 15 is 0 Å². The van der Waals surface area contributed by atoms with Crippen LogP contribution in [0.2, 0.25) is 0 Å². The average molecular weight is 630 g/mol. The van der Waals surface area contributed by atoms with Gasteiger partial charge in [-0.1, -0.05) is 64.1 Å². The van der Waals surface area contributed by atoms with Crippen LogP contribution in [-0.4, -0.2) is 84.0 Å². The Hall–Kier alpha value is -4.26. The Balaban J connectivity index is 2.30. The quantitative estimate of drug-likeness (QED) is 0.132. The summed E-state index contributed by atoms with van der Waals surface area (Å²) >= 11 is 0. The van der Waals surface area contributed by atoms with Crippen molar-refractivity contribution in [3.8, 4) is 0 Å². The number of ether oxygens (including phenoxy) is 1. The zero-order valence-corrected chi connectivity index (χ0v) is 26.6. The minimum absolute atomic E-state index is 0.106. The van der Waals surface area contributed by atoms with Crippen LogP contribution in [0.5, 0.6) is 0 Å². The summed E-state index contributed by atoms with van der Waals surface area (Å²) in [4.78, 5) is 78.0. The van der Waals surface area contributed by atoms with E-state index in [1.165, 1.54) is 6.08 Å². The predicted molar refractivity (Wildman–Crippen MR) is 166 cm³/mol. The first kappa shape index (κ1) is 36.9.